The molecule has 3 N–H and O–H groups in total. The van der Waals surface area contributed by atoms with Gasteiger partial charge in [0.15, 0.2) is 0 Å². The van der Waals surface area contributed by atoms with Crippen LogP contribution in [-0.4, -0.2) is 42.4 Å². The highest BCUT2D eigenvalue weighted by Gasteiger charge is 2.40. The summed E-state index contributed by atoms with van der Waals surface area (Å²) in [4.78, 5) is 11.4. The Morgan fingerprint density at radius 3 is 2.52 bits per heavy atom. The van der Waals surface area contributed by atoms with Gasteiger partial charge in [-0.1, -0.05) is 0 Å². The van der Waals surface area contributed by atoms with Crippen molar-refractivity contribution in [3.05, 3.63) is 36.5 Å². The smallest absolute Gasteiger partial charge is 0.243 e. The summed E-state index contributed by atoms with van der Waals surface area (Å²) in [5.41, 5.74) is 5.23. The number of benzene rings is 1. The number of aliphatic hydroxyl groups excluding tert-OH is 1. The molecular formula is C13H16FN2O4S. The van der Waals surface area contributed by atoms with E-state index >= 15 is 0 Å². The third kappa shape index (κ3) is 3.22. The van der Waals surface area contributed by atoms with Crippen LogP contribution in [-0.2, 0) is 14.8 Å². The predicted molar refractivity (Wildman–Crippen MR) is 72.8 cm³/mol. The molecule has 1 amide bonds. The monoisotopic (exact) mass is 315 g/mol. The number of carbonyl (C=O) groups excluding carboxylic acids is 1. The van der Waals surface area contributed by atoms with Gasteiger partial charge >= 0.3 is 0 Å². The second kappa shape index (κ2) is 6.08. The minimum absolute atomic E-state index is 0.0564. The van der Waals surface area contributed by atoms with E-state index in [0.29, 0.717) is 12.8 Å². The summed E-state index contributed by atoms with van der Waals surface area (Å²) in [6.45, 7) is 0.0564. The fraction of sp³-hybridized carbons (Fsp3) is 0.385. The standard InChI is InChI=1S/C13H16FN2O4S/c14-9-4-6-10(7-5-9)21(19,20)16-8-2-1-3-11(17)12(16)13(15)18/h3-7,11-12,17H,1-2,8H2,(H2,15,18). The molecule has 1 fully saturated rings. The number of hydrogen-bond donors (Lipinski definition) is 2. The number of rotatable bonds is 3. The molecule has 1 saturated heterocycles. The highest BCUT2D eigenvalue weighted by Crippen LogP contribution is 2.24. The van der Waals surface area contributed by atoms with Crippen molar-refractivity contribution in [2.45, 2.75) is 29.9 Å². The van der Waals surface area contributed by atoms with Gasteiger partial charge in [-0.2, -0.15) is 4.31 Å². The average Bonchev–Trinajstić information content (AvgIpc) is 2.61. The van der Waals surface area contributed by atoms with Gasteiger partial charge in [-0.15, -0.1) is 0 Å². The minimum Gasteiger partial charge on any atom is -0.391 e. The zero-order valence-electron chi connectivity index (χ0n) is 11.1. The molecular weight excluding hydrogens is 299 g/mol. The SMILES string of the molecule is NC(=O)C1C(O)[CH]CCCN1S(=O)(=O)c1ccc(F)cc1. The minimum atomic E-state index is -4.04. The maximum atomic E-state index is 12.9. The van der Waals surface area contributed by atoms with Crippen LogP contribution in [0.4, 0.5) is 4.39 Å². The van der Waals surface area contributed by atoms with Gasteiger partial charge in [0.25, 0.3) is 0 Å². The Morgan fingerprint density at radius 1 is 1.33 bits per heavy atom. The molecule has 1 radical (unpaired) electrons. The summed E-state index contributed by atoms with van der Waals surface area (Å²) < 4.78 is 39.0. The number of hydrogen-bond acceptors (Lipinski definition) is 4. The highest BCUT2D eigenvalue weighted by atomic mass is 32.2. The fourth-order valence-electron chi connectivity index (χ4n) is 2.30. The second-order valence-corrected chi connectivity index (χ2v) is 6.68. The number of nitrogens with zero attached hydrogens (tertiary/aromatic N) is 1. The topological polar surface area (TPSA) is 101 Å². The van der Waals surface area contributed by atoms with Crippen LogP contribution in [0.3, 0.4) is 0 Å². The molecule has 115 valence electrons. The molecule has 8 heteroatoms. The first-order valence-corrected chi connectivity index (χ1v) is 7.86. The molecule has 1 aromatic carbocycles. The van der Waals surface area contributed by atoms with Crippen LogP contribution in [0.5, 0.6) is 0 Å². The maximum Gasteiger partial charge on any atom is 0.243 e. The van der Waals surface area contributed by atoms with Crippen molar-refractivity contribution >= 4 is 15.9 Å². The summed E-state index contributed by atoms with van der Waals surface area (Å²) in [6.07, 6.45) is 1.14. The molecule has 0 bridgehead atoms. The van der Waals surface area contributed by atoms with Crippen molar-refractivity contribution in [2.24, 2.45) is 5.73 Å². The van der Waals surface area contributed by atoms with Gasteiger partial charge in [0.1, 0.15) is 11.9 Å². The lowest BCUT2D eigenvalue weighted by atomic mass is 10.1. The van der Waals surface area contributed by atoms with Gasteiger partial charge in [0, 0.05) is 6.54 Å². The van der Waals surface area contributed by atoms with Gasteiger partial charge < -0.3 is 10.8 Å². The molecule has 0 saturated carbocycles. The number of amides is 1. The van der Waals surface area contributed by atoms with Crippen molar-refractivity contribution in [3.8, 4) is 0 Å². The van der Waals surface area contributed by atoms with E-state index in [-0.39, 0.29) is 11.4 Å². The number of sulfonamides is 1. The third-order valence-electron chi connectivity index (χ3n) is 3.34. The van der Waals surface area contributed by atoms with Crippen LogP contribution in [0.2, 0.25) is 0 Å². The number of nitrogens with two attached hydrogens (primary N) is 1. The van der Waals surface area contributed by atoms with Crippen molar-refractivity contribution < 1.29 is 22.7 Å². The Kier molecular flexibility index (Phi) is 4.60. The third-order valence-corrected chi connectivity index (χ3v) is 5.23. The van der Waals surface area contributed by atoms with E-state index in [1.165, 1.54) is 6.42 Å². The van der Waals surface area contributed by atoms with E-state index in [1.54, 1.807) is 0 Å². The van der Waals surface area contributed by atoms with Crippen molar-refractivity contribution in [1.29, 1.82) is 0 Å². The Hall–Kier alpha value is -1.51. The van der Waals surface area contributed by atoms with Gasteiger partial charge in [-0.05, 0) is 43.5 Å². The first-order chi connectivity index (χ1) is 9.84. The lowest BCUT2D eigenvalue weighted by Crippen LogP contribution is -2.53. The zero-order chi connectivity index (χ0) is 15.6. The molecule has 6 nitrogen and oxygen atoms in total. The Labute approximate surface area is 122 Å². The number of carbonyl (C=O) groups is 1. The molecule has 2 atom stereocenters. The molecule has 2 unspecified atom stereocenters. The summed E-state index contributed by atoms with van der Waals surface area (Å²) in [5.74, 6) is -1.49. The van der Waals surface area contributed by atoms with Crippen LogP contribution >= 0.6 is 0 Å². The van der Waals surface area contributed by atoms with Crippen LogP contribution in [0.25, 0.3) is 0 Å². The Balaban J connectivity index is 2.44. The lowest BCUT2D eigenvalue weighted by Gasteiger charge is -2.29. The molecule has 1 aromatic rings. The summed E-state index contributed by atoms with van der Waals surface area (Å²) >= 11 is 0. The molecule has 1 aliphatic heterocycles. The van der Waals surface area contributed by atoms with E-state index < -0.39 is 33.9 Å². The average molecular weight is 315 g/mol. The summed E-state index contributed by atoms with van der Waals surface area (Å²) in [7, 11) is -4.04. The van der Waals surface area contributed by atoms with Gasteiger partial charge in [-0.3, -0.25) is 4.79 Å². The van der Waals surface area contributed by atoms with E-state index in [2.05, 4.69) is 0 Å². The van der Waals surface area contributed by atoms with E-state index in [0.717, 1.165) is 28.6 Å². The molecule has 1 heterocycles. The van der Waals surface area contributed by atoms with Crippen LogP contribution in [0, 0.1) is 12.2 Å². The van der Waals surface area contributed by atoms with E-state index in [4.69, 9.17) is 5.73 Å². The quantitative estimate of drug-likeness (QED) is 0.821. The van der Waals surface area contributed by atoms with Crippen LogP contribution in [0.15, 0.2) is 29.2 Å². The summed E-state index contributed by atoms with van der Waals surface area (Å²) in [6, 6.07) is 2.91. The first kappa shape index (κ1) is 15.9. The van der Waals surface area contributed by atoms with Gasteiger partial charge in [-0.25, -0.2) is 12.8 Å². The lowest BCUT2D eigenvalue weighted by molar-refractivity contribution is -0.124. The molecule has 0 aromatic heterocycles. The fourth-order valence-corrected chi connectivity index (χ4v) is 3.94. The molecule has 0 spiro atoms. The first-order valence-electron chi connectivity index (χ1n) is 6.42. The van der Waals surface area contributed by atoms with Gasteiger partial charge in [0.05, 0.1) is 11.0 Å². The van der Waals surface area contributed by atoms with Gasteiger partial charge in [0.2, 0.25) is 15.9 Å². The largest absolute Gasteiger partial charge is 0.391 e. The highest BCUT2D eigenvalue weighted by molar-refractivity contribution is 7.89. The number of halogens is 1. The Morgan fingerprint density at radius 2 is 1.95 bits per heavy atom. The normalized spacial score (nSPS) is 24.5. The van der Waals surface area contributed by atoms with E-state index in [9.17, 15) is 22.7 Å². The second-order valence-electron chi connectivity index (χ2n) is 4.79. The zero-order valence-corrected chi connectivity index (χ0v) is 12.0. The van der Waals surface area contributed by atoms with Crippen LogP contribution in [0.1, 0.15) is 12.8 Å². The molecule has 1 aliphatic rings. The maximum absolute atomic E-state index is 12.9. The van der Waals surface area contributed by atoms with Crippen molar-refractivity contribution in [1.82, 2.24) is 4.31 Å². The van der Waals surface area contributed by atoms with E-state index in [1.807, 2.05) is 0 Å². The van der Waals surface area contributed by atoms with Crippen LogP contribution < -0.4 is 5.73 Å². The Bertz CT molecular complexity index is 618. The molecule has 0 aliphatic carbocycles. The molecule has 21 heavy (non-hydrogen) atoms. The van der Waals surface area contributed by atoms with Crippen molar-refractivity contribution in [2.75, 3.05) is 6.54 Å². The molecule has 2 rings (SSSR count). The van der Waals surface area contributed by atoms with Crippen molar-refractivity contribution in [3.63, 3.8) is 0 Å². The number of primary amides is 1. The number of aliphatic hydroxyl groups is 1. The predicted octanol–water partition coefficient (Wildman–Crippen LogP) is 0.0293. The summed E-state index contributed by atoms with van der Waals surface area (Å²) in [5, 5.41) is 9.92.